The Labute approximate surface area is 189 Å². The van der Waals surface area contributed by atoms with Crippen molar-refractivity contribution >= 4 is 17.0 Å². The van der Waals surface area contributed by atoms with Crippen molar-refractivity contribution < 1.29 is 19.4 Å². The van der Waals surface area contributed by atoms with Gasteiger partial charge < -0.3 is 14.6 Å². The van der Waals surface area contributed by atoms with Gasteiger partial charge in [-0.2, -0.15) is 15.0 Å². The van der Waals surface area contributed by atoms with Crippen LogP contribution in [0.5, 0.6) is 11.5 Å². The topological polar surface area (TPSA) is 86.5 Å². The number of aromatic nitrogens is 3. The van der Waals surface area contributed by atoms with E-state index in [0.29, 0.717) is 19.0 Å². The highest BCUT2D eigenvalue weighted by molar-refractivity contribution is 5.87. The van der Waals surface area contributed by atoms with Gasteiger partial charge in [-0.05, 0) is 61.1 Å². The van der Waals surface area contributed by atoms with E-state index in [1.165, 1.54) is 0 Å². The third-order valence-electron chi connectivity index (χ3n) is 4.94. The quantitative estimate of drug-likeness (QED) is 0.404. The van der Waals surface area contributed by atoms with E-state index in [1.54, 1.807) is 29.1 Å². The Kier molecular flexibility index (Phi) is 7.72. The van der Waals surface area contributed by atoms with Gasteiger partial charge in [-0.1, -0.05) is 34.1 Å². The highest BCUT2D eigenvalue weighted by Crippen LogP contribution is 2.28. The normalized spacial score (nSPS) is 11.6. The molecule has 7 nitrogen and oxygen atoms in total. The van der Waals surface area contributed by atoms with E-state index in [0.717, 1.165) is 54.6 Å². The van der Waals surface area contributed by atoms with Gasteiger partial charge in [0.05, 0.1) is 25.3 Å². The maximum atomic E-state index is 10.9. The van der Waals surface area contributed by atoms with Crippen LogP contribution in [0.1, 0.15) is 62.9 Å². The van der Waals surface area contributed by atoms with Crippen molar-refractivity contribution in [3.05, 3.63) is 47.5 Å². The van der Waals surface area contributed by atoms with Crippen molar-refractivity contribution in [1.29, 1.82) is 0 Å². The van der Waals surface area contributed by atoms with Crippen LogP contribution in [0.15, 0.2) is 36.4 Å². The molecule has 0 fully saturated rings. The fourth-order valence-corrected chi connectivity index (χ4v) is 3.45. The van der Waals surface area contributed by atoms with Crippen LogP contribution in [0, 0.1) is 5.41 Å². The summed E-state index contributed by atoms with van der Waals surface area (Å²) in [5.74, 6) is 0.614. The van der Waals surface area contributed by atoms with Gasteiger partial charge in [0.25, 0.3) is 0 Å². The molecule has 0 radical (unpaired) electrons. The molecule has 7 heteroatoms. The number of aromatic carboxylic acids is 1. The third kappa shape index (κ3) is 6.45. The minimum absolute atomic E-state index is 0.111. The first-order valence-electron chi connectivity index (χ1n) is 11.2. The van der Waals surface area contributed by atoms with Crippen LogP contribution in [0.3, 0.4) is 0 Å². The summed E-state index contributed by atoms with van der Waals surface area (Å²) in [6.07, 6.45) is 3.60. The molecule has 0 aliphatic rings. The summed E-state index contributed by atoms with van der Waals surface area (Å²) in [6.45, 7) is 10.6. The molecule has 0 atom stereocenters. The van der Waals surface area contributed by atoms with Crippen LogP contribution in [-0.4, -0.2) is 39.3 Å². The molecule has 0 saturated carbocycles. The second-order valence-corrected chi connectivity index (χ2v) is 9.18. The maximum absolute atomic E-state index is 10.9. The van der Waals surface area contributed by atoms with Crippen LogP contribution in [0.2, 0.25) is 0 Å². The SMILES string of the molecule is CCCc1c(OCCCCOc2ccc(C(=O)O)cc2)ccc2nn(CC(C)(C)C)nc12. The number of carboxylic acids is 1. The van der Waals surface area contributed by atoms with Crippen LogP contribution < -0.4 is 9.47 Å². The molecule has 0 saturated heterocycles. The molecule has 32 heavy (non-hydrogen) atoms. The summed E-state index contributed by atoms with van der Waals surface area (Å²) in [5, 5.41) is 18.3. The van der Waals surface area contributed by atoms with E-state index in [2.05, 4.69) is 32.8 Å². The van der Waals surface area contributed by atoms with E-state index in [1.807, 2.05) is 12.1 Å². The third-order valence-corrected chi connectivity index (χ3v) is 4.94. The standard InChI is InChI=1S/C25H33N3O4/c1-5-8-20-22(14-13-21-23(20)27-28(26-21)17-25(2,3)4)32-16-7-6-15-31-19-11-9-18(10-12-19)24(29)30/h9-14H,5-8,15-17H2,1-4H3,(H,29,30). The Morgan fingerprint density at radius 3 is 2.31 bits per heavy atom. The summed E-state index contributed by atoms with van der Waals surface area (Å²) in [5.41, 5.74) is 3.33. The number of benzene rings is 2. The van der Waals surface area contributed by atoms with E-state index >= 15 is 0 Å². The molecule has 1 N–H and O–H groups in total. The average molecular weight is 440 g/mol. The fraction of sp³-hybridized carbons (Fsp3) is 0.480. The molecule has 3 rings (SSSR count). The smallest absolute Gasteiger partial charge is 0.335 e. The van der Waals surface area contributed by atoms with E-state index in [-0.39, 0.29) is 11.0 Å². The van der Waals surface area contributed by atoms with Crippen molar-refractivity contribution in [1.82, 2.24) is 15.0 Å². The number of carboxylic acid groups (broad SMARTS) is 1. The number of nitrogens with zero attached hydrogens (tertiary/aromatic N) is 3. The van der Waals surface area contributed by atoms with Crippen LogP contribution in [0.4, 0.5) is 0 Å². The van der Waals surface area contributed by atoms with Crippen LogP contribution in [0.25, 0.3) is 11.0 Å². The van der Waals surface area contributed by atoms with Gasteiger partial charge in [0.2, 0.25) is 0 Å². The lowest BCUT2D eigenvalue weighted by atomic mass is 9.97. The molecule has 0 spiro atoms. The zero-order valence-corrected chi connectivity index (χ0v) is 19.4. The summed E-state index contributed by atoms with van der Waals surface area (Å²) >= 11 is 0. The van der Waals surface area contributed by atoms with Crippen LogP contribution >= 0.6 is 0 Å². The predicted octanol–water partition coefficient (Wildman–Crippen LogP) is 5.37. The van der Waals surface area contributed by atoms with E-state index in [4.69, 9.17) is 19.7 Å². The van der Waals surface area contributed by atoms with Crippen LogP contribution in [-0.2, 0) is 13.0 Å². The van der Waals surface area contributed by atoms with E-state index in [9.17, 15) is 4.79 Å². The molecular formula is C25H33N3O4. The number of rotatable bonds is 11. The van der Waals surface area contributed by atoms with Gasteiger partial charge in [0.15, 0.2) is 0 Å². The Balaban J connectivity index is 1.53. The molecule has 1 aromatic heterocycles. The number of unbranched alkanes of at least 4 members (excludes halogenated alkanes) is 1. The monoisotopic (exact) mass is 439 g/mol. The summed E-state index contributed by atoms with van der Waals surface area (Å²) in [6, 6.07) is 10.4. The lowest BCUT2D eigenvalue weighted by Gasteiger charge is -2.16. The summed E-state index contributed by atoms with van der Waals surface area (Å²) in [4.78, 5) is 12.7. The number of carbonyl (C=O) groups is 1. The predicted molar refractivity (Wildman–Crippen MR) is 125 cm³/mol. The van der Waals surface area contributed by atoms with Crippen molar-refractivity contribution in [3.8, 4) is 11.5 Å². The highest BCUT2D eigenvalue weighted by Gasteiger charge is 2.17. The Bertz CT molecular complexity index is 1040. The second kappa shape index (κ2) is 10.5. The number of fused-ring (bicyclic) bond motifs is 1. The lowest BCUT2D eigenvalue weighted by Crippen LogP contribution is -2.17. The van der Waals surface area contributed by atoms with Crippen molar-refractivity contribution in [2.45, 2.75) is 59.9 Å². The Hall–Kier alpha value is -3.09. The molecule has 0 bridgehead atoms. The minimum Gasteiger partial charge on any atom is -0.494 e. The molecular weight excluding hydrogens is 406 g/mol. The van der Waals surface area contributed by atoms with Gasteiger partial charge in [0.1, 0.15) is 22.5 Å². The first-order valence-corrected chi connectivity index (χ1v) is 11.2. The summed E-state index contributed by atoms with van der Waals surface area (Å²) in [7, 11) is 0. The van der Waals surface area contributed by atoms with Gasteiger partial charge in [0, 0.05) is 5.56 Å². The first-order chi connectivity index (χ1) is 15.3. The van der Waals surface area contributed by atoms with Gasteiger partial charge >= 0.3 is 5.97 Å². The molecule has 0 aliphatic heterocycles. The number of ether oxygens (including phenoxy) is 2. The van der Waals surface area contributed by atoms with Crippen molar-refractivity contribution in [3.63, 3.8) is 0 Å². The van der Waals surface area contributed by atoms with Gasteiger partial charge in [-0.3, -0.25) is 0 Å². The second-order valence-electron chi connectivity index (χ2n) is 9.18. The van der Waals surface area contributed by atoms with Crippen molar-refractivity contribution in [2.24, 2.45) is 5.41 Å². The zero-order valence-electron chi connectivity index (χ0n) is 19.4. The number of hydrogen-bond donors (Lipinski definition) is 1. The minimum atomic E-state index is -0.939. The maximum Gasteiger partial charge on any atom is 0.335 e. The average Bonchev–Trinajstić information content (AvgIpc) is 3.13. The number of aryl methyl sites for hydroxylation is 1. The first kappa shape index (κ1) is 23.6. The van der Waals surface area contributed by atoms with E-state index < -0.39 is 5.97 Å². The van der Waals surface area contributed by atoms with Gasteiger partial charge in [-0.15, -0.1) is 0 Å². The zero-order chi connectivity index (χ0) is 23.1. The molecule has 172 valence electrons. The molecule has 1 heterocycles. The molecule has 0 unspecified atom stereocenters. The molecule has 0 aliphatic carbocycles. The highest BCUT2D eigenvalue weighted by atomic mass is 16.5. The van der Waals surface area contributed by atoms with Crippen molar-refractivity contribution in [2.75, 3.05) is 13.2 Å². The molecule has 0 amide bonds. The largest absolute Gasteiger partial charge is 0.494 e. The Morgan fingerprint density at radius 1 is 1.00 bits per heavy atom. The van der Waals surface area contributed by atoms with Gasteiger partial charge in [-0.25, -0.2) is 4.79 Å². The summed E-state index contributed by atoms with van der Waals surface area (Å²) < 4.78 is 11.8. The Morgan fingerprint density at radius 2 is 1.69 bits per heavy atom. The fourth-order valence-electron chi connectivity index (χ4n) is 3.45. The number of hydrogen-bond acceptors (Lipinski definition) is 5. The molecule has 3 aromatic rings. The lowest BCUT2D eigenvalue weighted by molar-refractivity contribution is 0.0697. The molecule has 2 aromatic carbocycles.